The molecule has 5 rings (SSSR count). The predicted molar refractivity (Wildman–Crippen MR) is 115 cm³/mol. The number of aryl methyl sites for hydroxylation is 1. The van der Waals surface area contributed by atoms with E-state index in [-0.39, 0.29) is 11.8 Å². The Bertz CT molecular complexity index is 1100. The second kappa shape index (κ2) is 8.34. The van der Waals surface area contributed by atoms with Crippen molar-refractivity contribution in [2.75, 3.05) is 18.4 Å². The van der Waals surface area contributed by atoms with E-state index in [1.54, 1.807) is 25.5 Å². The predicted octanol–water partition coefficient (Wildman–Crippen LogP) is 4.27. The number of fused-ring (bicyclic) bond motifs is 1. The van der Waals surface area contributed by atoms with Gasteiger partial charge in [-0.15, -0.1) is 0 Å². The molecule has 2 fully saturated rings. The smallest absolute Gasteiger partial charge is 0.228 e. The van der Waals surface area contributed by atoms with Crippen LogP contribution in [0.3, 0.4) is 0 Å². The van der Waals surface area contributed by atoms with Gasteiger partial charge in [0.25, 0.3) is 0 Å². The fourth-order valence-electron chi connectivity index (χ4n) is 4.54. The van der Waals surface area contributed by atoms with Crippen molar-refractivity contribution in [3.05, 3.63) is 36.1 Å². The van der Waals surface area contributed by atoms with Gasteiger partial charge in [-0.25, -0.2) is 14.4 Å². The average Bonchev–Trinajstić information content (AvgIpc) is 3.19. The second-order valence-corrected chi connectivity index (χ2v) is 8.60. The topological polar surface area (TPSA) is 84.2 Å². The number of nitrogens with one attached hydrogen (secondary N) is 1. The molecule has 8 heteroatoms. The number of carbonyl (C=O) groups is 1. The minimum atomic E-state index is -0.781. The van der Waals surface area contributed by atoms with E-state index >= 15 is 0 Å². The van der Waals surface area contributed by atoms with Crippen LogP contribution in [0, 0.1) is 12.8 Å². The maximum absolute atomic E-state index is 13.5. The molecule has 0 atom stereocenters. The van der Waals surface area contributed by atoms with Gasteiger partial charge in [-0.1, -0.05) is 19.3 Å². The number of amides is 1. The SMILES string of the molecule is Cc1ncc(-c2cnc3cnc(NC(=O)C4CCCCC4)cc3c2CN2CC(F)C2)o1. The number of hydrogen-bond acceptors (Lipinski definition) is 6. The number of rotatable bonds is 5. The summed E-state index contributed by atoms with van der Waals surface area (Å²) < 4.78 is 19.2. The lowest BCUT2D eigenvalue weighted by Gasteiger charge is -2.34. The van der Waals surface area contributed by atoms with Crippen molar-refractivity contribution >= 4 is 22.6 Å². The molecule has 3 aromatic heterocycles. The normalized spacial score (nSPS) is 18.3. The monoisotopic (exact) mass is 423 g/mol. The van der Waals surface area contributed by atoms with Gasteiger partial charge in [0, 0.05) is 49.6 Å². The molecule has 1 amide bonds. The van der Waals surface area contributed by atoms with Crippen molar-refractivity contribution in [3.8, 4) is 11.3 Å². The molecule has 31 heavy (non-hydrogen) atoms. The number of aromatic nitrogens is 3. The van der Waals surface area contributed by atoms with Crippen LogP contribution in [0.25, 0.3) is 22.2 Å². The van der Waals surface area contributed by atoms with Crippen molar-refractivity contribution in [2.45, 2.75) is 51.7 Å². The Morgan fingerprint density at radius 2 is 1.97 bits per heavy atom. The number of pyridine rings is 2. The highest BCUT2D eigenvalue weighted by Gasteiger charge is 2.28. The Balaban J connectivity index is 1.51. The zero-order valence-electron chi connectivity index (χ0n) is 17.6. The van der Waals surface area contributed by atoms with Crippen LogP contribution in [0.4, 0.5) is 10.2 Å². The Labute approximate surface area is 180 Å². The zero-order valence-corrected chi connectivity index (χ0v) is 17.6. The molecule has 2 aliphatic rings. The summed E-state index contributed by atoms with van der Waals surface area (Å²) in [6, 6.07) is 1.87. The summed E-state index contributed by atoms with van der Waals surface area (Å²) in [6.45, 7) is 3.18. The highest BCUT2D eigenvalue weighted by atomic mass is 19.1. The quantitative estimate of drug-likeness (QED) is 0.660. The minimum absolute atomic E-state index is 0.0334. The number of carbonyl (C=O) groups excluding carboxylic acids is 1. The van der Waals surface area contributed by atoms with Crippen LogP contribution >= 0.6 is 0 Å². The maximum atomic E-state index is 13.5. The number of anilines is 1. The molecule has 1 saturated carbocycles. The summed E-state index contributed by atoms with van der Waals surface area (Å²) in [5, 5.41) is 3.87. The van der Waals surface area contributed by atoms with E-state index in [9.17, 15) is 9.18 Å². The fraction of sp³-hybridized carbons (Fsp3) is 0.478. The first-order valence-electron chi connectivity index (χ1n) is 10.9. The standard InChI is InChI=1S/C23H26FN5O2/c1-14-25-10-21(31-14)18-8-26-20-9-27-22(28-23(30)15-5-3-2-4-6-15)7-17(20)19(18)13-29-11-16(24)12-29/h7-10,15-16H,2-6,11-13H2,1H3,(H,27,28,30). The Morgan fingerprint density at radius 1 is 1.16 bits per heavy atom. The number of nitrogens with zero attached hydrogens (tertiary/aromatic N) is 4. The second-order valence-electron chi connectivity index (χ2n) is 8.60. The number of halogens is 1. The lowest BCUT2D eigenvalue weighted by molar-refractivity contribution is -0.120. The molecule has 0 radical (unpaired) electrons. The van der Waals surface area contributed by atoms with Crippen LogP contribution in [-0.4, -0.2) is 45.0 Å². The van der Waals surface area contributed by atoms with Gasteiger partial charge >= 0.3 is 0 Å². The van der Waals surface area contributed by atoms with Crippen LogP contribution in [-0.2, 0) is 11.3 Å². The van der Waals surface area contributed by atoms with E-state index in [1.165, 1.54) is 6.42 Å². The molecule has 1 aliphatic carbocycles. The highest BCUT2D eigenvalue weighted by molar-refractivity contribution is 5.95. The molecule has 0 bridgehead atoms. The van der Waals surface area contributed by atoms with Gasteiger partial charge in [0.15, 0.2) is 11.7 Å². The molecule has 0 spiro atoms. The summed E-state index contributed by atoms with van der Waals surface area (Å²) in [5.74, 6) is 1.80. The molecule has 162 valence electrons. The number of oxazole rings is 1. The van der Waals surface area contributed by atoms with Crippen molar-refractivity contribution in [2.24, 2.45) is 5.92 Å². The molecular weight excluding hydrogens is 397 g/mol. The largest absolute Gasteiger partial charge is 0.441 e. The van der Waals surface area contributed by atoms with E-state index in [0.717, 1.165) is 47.7 Å². The summed E-state index contributed by atoms with van der Waals surface area (Å²) >= 11 is 0. The third-order valence-corrected chi connectivity index (χ3v) is 6.27. The van der Waals surface area contributed by atoms with E-state index < -0.39 is 6.17 Å². The molecule has 1 saturated heterocycles. The third kappa shape index (κ3) is 4.17. The highest BCUT2D eigenvalue weighted by Crippen LogP contribution is 2.33. The van der Waals surface area contributed by atoms with Crippen LogP contribution < -0.4 is 5.32 Å². The van der Waals surface area contributed by atoms with Gasteiger partial charge in [-0.2, -0.15) is 0 Å². The molecule has 1 aliphatic heterocycles. The zero-order chi connectivity index (χ0) is 21.4. The lowest BCUT2D eigenvalue weighted by atomic mass is 9.89. The van der Waals surface area contributed by atoms with Crippen molar-refractivity contribution < 1.29 is 13.6 Å². The molecule has 4 heterocycles. The molecule has 0 unspecified atom stereocenters. The fourth-order valence-corrected chi connectivity index (χ4v) is 4.54. The summed E-state index contributed by atoms with van der Waals surface area (Å²) in [6.07, 6.45) is 9.60. The van der Waals surface area contributed by atoms with Gasteiger partial charge in [-0.3, -0.25) is 14.7 Å². The Morgan fingerprint density at radius 3 is 2.68 bits per heavy atom. The summed E-state index contributed by atoms with van der Waals surface area (Å²) in [5.41, 5.74) is 2.53. The Kier molecular flexibility index (Phi) is 5.40. The van der Waals surface area contributed by atoms with Gasteiger partial charge in [-0.05, 0) is 24.5 Å². The Hall–Kier alpha value is -2.87. The van der Waals surface area contributed by atoms with Crippen LogP contribution in [0.15, 0.2) is 29.1 Å². The van der Waals surface area contributed by atoms with E-state index in [4.69, 9.17) is 4.42 Å². The first-order valence-corrected chi connectivity index (χ1v) is 10.9. The molecule has 3 aromatic rings. The third-order valence-electron chi connectivity index (χ3n) is 6.27. The van der Waals surface area contributed by atoms with Crippen molar-refractivity contribution in [1.29, 1.82) is 0 Å². The van der Waals surface area contributed by atoms with Crippen LogP contribution in [0.5, 0.6) is 0 Å². The van der Waals surface area contributed by atoms with Gasteiger partial charge in [0.1, 0.15) is 12.0 Å². The van der Waals surface area contributed by atoms with Gasteiger partial charge in [0.05, 0.1) is 17.9 Å². The van der Waals surface area contributed by atoms with E-state index in [0.29, 0.717) is 37.1 Å². The van der Waals surface area contributed by atoms with Crippen LogP contribution in [0.2, 0.25) is 0 Å². The lowest BCUT2D eigenvalue weighted by Crippen LogP contribution is -2.47. The minimum Gasteiger partial charge on any atom is -0.441 e. The number of alkyl halides is 1. The molecular formula is C23H26FN5O2. The average molecular weight is 423 g/mol. The first kappa shape index (κ1) is 20.1. The van der Waals surface area contributed by atoms with Crippen molar-refractivity contribution in [1.82, 2.24) is 19.9 Å². The molecule has 7 nitrogen and oxygen atoms in total. The molecule has 0 aromatic carbocycles. The summed E-state index contributed by atoms with van der Waals surface area (Å²) in [7, 11) is 0. The maximum Gasteiger partial charge on any atom is 0.228 e. The van der Waals surface area contributed by atoms with Crippen molar-refractivity contribution in [3.63, 3.8) is 0 Å². The van der Waals surface area contributed by atoms with Crippen LogP contribution in [0.1, 0.15) is 43.6 Å². The van der Waals surface area contributed by atoms with Gasteiger partial charge < -0.3 is 9.73 Å². The van der Waals surface area contributed by atoms with E-state index in [2.05, 4.69) is 20.3 Å². The first-order chi connectivity index (χ1) is 15.1. The van der Waals surface area contributed by atoms with Gasteiger partial charge in [0.2, 0.25) is 5.91 Å². The molecule has 1 N–H and O–H groups in total. The van der Waals surface area contributed by atoms with E-state index in [1.807, 2.05) is 11.0 Å². The summed E-state index contributed by atoms with van der Waals surface area (Å²) in [4.78, 5) is 27.9. The number of likely N-dealkylation sites (tertiary alicyclic amines) is 1. The number of hydrogen-bond donors (Lipinski definition) is 1.